The van der Waals surface area contributed by atoms with Crippen LogP contribution in [0.2, 0.25) is 0 Å². The van der Waals surface area contributed by atoms with Crippen LogP contribution in [0, 0.1) is 12.7 Å². The van der Waals surface area contributed by atoms with Crippen LogP contribution in [0.25, 0.3) is 0 Å². The van der Waals surface area contributed by atoms with Crippen molar-refractivity contribution in [2.75, 3.05) is 20.7 Å². The van der Waals surface area contributed by atoms with Crippen LogP contribution in [0.1, 0.15) is 22.3 Å². The summed E-state index contributed by atoms with van der Waals surface area (Å²) in [6.07, 6.45) is 0.0895. The zero-order valence-corrected chi connectivity index (χ0v) is 10.7. The van der Waals surface area contributed by atoms with Gasteiger partial charge >= 0.3 is 5.97 Å². The van der Waals surface area contributed by atoms with Crippen LogP contribution in [0.15, 0.2) is 18.2 Å². The quantitative estimate of drug-likeness (QED) is 0.768. The second-order valence-electron chi connectivity index (χ2n) is 4.04. The van der Waals surface area contributed by atoms with E-state index in [1.807, 2.05) is 0 Å². The highest BCUT2D eigenvalue weighted by atomic mass is 19.1. The summed E-state index contributed by atoms with van der Waals surface area (Å²) in [7, 11) is 2.80. The van der Waals surface area contributed by atoms with Crippen molar-refractivity contribution in [2.24, 2.45) is 0 Å². The van der Waals surface area contributed by atoms with Gasteiger partial charge < -0.3 is 9.64 Å². The third kappa shape index (κ3) is 3.55. The van der Waals surface area contributed by atoms with E-state index in [2.05, 4.69) is 4.74 Å². The van der Waals surface area contributed by atoms with E-state index in [0.29, 0.717) is 0 Å². The standard InChI is InChI=1S/C13H16FNO3/c1-9-4-5-11(14)10(8-9)13(17)15(2)7-6-12(16)18-3/h4-5,8H,6-7H2,1-3H3. The van der Waals surface area contributed by atoms with Crippen molar-refractivity contribution in [3.8, 4) is 0 Å². The summed E-state index contributed by atoms with van der Waals surface area (Å²) in [4.78, 5) is 24.2. The van der Waals surface area contributed by atoms with Crippen LogP contribution in [0.3, 0.4) is 0 Å². The first kappa shape index (κ1) is 14.2. The largest absolute Gasteiger partial charge is 0.469 e. The van der Waals surface area contributed by atoms with E-state index in [9.17, 15) is 14.0 Å². The molecule has 0 heterocycles. The summed E-state index contributed by atoms with van der Waals surface area (Å²) in [5, 5.41) is 0. The molecule has 1 amide bonds. The summed E-state index contributed by atoms with van der Waals surface area (Å²) in [6, 6.07) is 4.35. The van der Waals surface area contributed by atoms with Crippen LogP contribution in [0.4, 0.5) is 4.39 Å². The molecule has 0 saturated carbocycles. The molecule has 1 aromatic rings. The Hall–Kier alpha value is -1.91. The highest BCUT2D eigenvalue weighted by molar-refractivity contribution is 5.94. The molecule has 0 bridgehead atoms. The van der Waals surface area contributed by atoms with Gasteiger partial charge in [0.15, 0.2) is 0 Å². The Morgan fingerprint density at radius 2 is 2.06 bits per heavy atom. The molecule has 0 unspecified atom stereocenters. The zero-order chi connectivity index (χ0) is 13.7. The first-order valence-corrected chi connectivity index (χ1v) is 5.54. The Morgan fingerprint density at radius 1 is 1.39 bits per heavy atom. The lowest BCUT2D eigenvalue weighted by molar-refractivity contribution is -0.140. The molecule has 0 aromatic heterocycles. The summed E-state index contributed by atoms with van der Waals surface area (Å²) < 4.78 is 18.0. The fraction of sp³-hybridized carbons (Fsp3) is 0.385. The monoisotopic (exact) mass is 253 g/mol. The molecule has 0 aliphatic heterocycles. The van der Waals surface area contributed by atoms with Gasteiger partial charge in [-0.05, 0) is 19.1 Å². The number of hydrogen-bond acceptors (Lipinski definition) is 3. The number of methoxy groups -OCH3 is 1. The van der Waals surface area contributed by atoms with Gasteiger partial charge in [0.1, 0.15) is 5.82 Å². The molecule has 0 aliphatic rings. The normalized spacial score (nSPS) is 10.0. The van der Waals surface area contributed by atoms with Crippen LogP contribution >= 0.6 is 0 Å². The van der Waals surface area contributed by atoms with Crippen molar-refractivity contribution in [2.45, 2.75) is 13.3 Å². The lowest BCUT2D eigenvalue weighted by atomic mass is 10.1. The molecule has 1 aromatic carbocycles. The van der Waals surface area contributed by atoms with Crippen molar-refractivity contribution in [3.05, 3.63) is 35.1 Å². The predicted molar refractivity (Wildman–Crippen MR) is 64.7 cm³/mol. The topological polar surface area (TPSA) is 46.6 Å². The van der Waals surface area contributed by atoms with Gasteiger partial charge in [-0.1, -0.05) is 11.6 Å². The zero-order valence-electron chi connectivity index (χ0n) is 10.7. The summed E-state index contributed by atoms with van der Waals surface area (Å²) in [5.74, 6) is -1.41. The average Bonchev–Trinajstić information content (AvgIpc) is 2.37. The van der Waals surface area contributed by atoms with Crippen molar-refractivity contribution in [1.82, 2.24) is 4.90 Å². The number of benzene rings is 1. The Bertz CT molecular complexity index is 460. The third-order valence-corrected chi connectivity index (χ3v) is 2.58. The third-order valence-electron chi connectivity index (χ3n) is 2.58. The van der Waals surface area contributed by atoms with E-state index in [-0.39, 0.29) is 18.5 Å². The number of rotatable bonds is 4. The van der Waals surface area contributed by atoms with Crippen molar-refractivity contribution < 1.29 is 18.7 Å². The van der Waals surface area contributed by atoms with Gasteiger partial charge in [0, 0.05) is 13.6 Å². The smallest absolute Gasteiger partial charge is 0.307 e. The van der Waals surface area contributed by atoms with Gasteiger partial charge in [-0.25, -0.2) is 4.39 Å². The minimum atomic E-state index is -0.560. The number of ether oxygens (including phenoxy) is 1. The molecule has 98 valence electrons. The van der Waals surface area contributed by atoms with Gasteiger partial charge in [-0.3, -0.25) is 9.59 Å². The summed E-state index contributed by atoms with van der Waals surface area (Å²) in [5.41, 5.74) is 0.823. The number of amides is 1. The average molecular weight is 253 g/mol. The molecule has 1 rings (SSSR count). The molecule has 0 fully saturated rings. The van der Waals surface area contributed by atoms with E-state index in [1.165, 1.54) is 31.2 Å². The van der Waals surface area contributed by atoms with E-state index < -0.39 is 17.7 Å². The maximum atomic E-state index is 13.5. The molecule has 0 spiro atoms. The molecule has 0 aliphatic carbocycles. The predicted octanol–water partition coefficient (Wildman–Crippen LogP) is 1.77. The number of aryl methyl sites for hydroxylation is 1. The molecule has 4 nitrogen and oxygen atoms in total. The van der Waals surface area contributed by atoms with E-state index >= 15 is 0 Å². The molecule has 18 heavy (non-hydrogen) atoms. The van der Waals surface area contributed by atoms with E-state index in [4.69, 9.17) is 0 Å². The second-order valence-corrected chi connectivity index (χ2v) is 4.04. The first-order chi connectivity index (χ1) is 8.45. The molecule has 0 atom stereocenters. The van der Waals surface area contributed by atoms with Crippen molar-refractivity contribution >= 4 is 11.9 Å². The molecule has 0 N–H and O–H groups in total. The molecule has 5 heteroatoms. The van der Waals surface area contributed by atoms with Crippen LogP contribution in [-0.4, -0.2) is 37.5 Å². The van der Waals surface area contributed by atoms with Gasteiger partial charge in [-0.15, -0.1) is 0 Å². The molecule has 0 saturated heterocycles. The Balaban J connectivity index is 2.74. The number of carbonyl (C=O) groups is 2. The van der Waals surface area contributed by atoms with Crippen molar-refractivity contribution in [3.63, 3.8) is 0 Å². The fourth-order valence-electron chi connectivity index (χ4n) is 1.47. The van der Waals surface area contributed by atoms with Crippen LogP contribution < -0.4 is 0 Å². The maximum absolute atomic E-state index is 13.5. The minimum Gasteiger partial charge on any atom is -0.469 e. The number of hydrogen-bond donors (Lipinski definition) is 0. The Morgan fingerprint density at radius 3 is 2.67 bits per heavy atom. The number of esters is 1. The van der Waals surface area contributed by atoms with Gasteiger partial charge in [-0.2, -0.15) is 0 Å². The minimum absolute atomic E-state index is 0.0161. The maximum Gasteiger partial charge on any atom is 0.307 e. The lowest BCUT2D eigenvalue weighted by Gasteiger charge is -2.17. The SMILES string of the molecule is COC(=O)CCN(C)C(=O)c1cc(C)ccc1F. The number of halogens is 1. The van der Waals surface area contributed by atoms with Crippen LogP contribution in [0.5, 0.6) is 0 Å². The van der Waals surface area contributed by atoms with Gasteiger partial charge in [0.05, 0.1) is 19.1 Å². The Kier molecular flexibility index (Phi) is 4.83. The van der Waals surface area contributed by atoms with Gasteiger partial charge in [0.25, 0.3) is 5.91 Å². The highest BCUT2D eigenvalue weighted by Gasteiger charge is 2.17. The second kappa shape index (κ2) is 6.14. The molecular weight excluding hydrogens is 237 g/mol. The highest BCUT2D eigenvalue weighted by Crippen LogP contribution is 2.12. The van der Waals surface area contributed by atoms with Gasteiger partial charge in [0.2, 0.25) is 0 Å². The number of nitrogens with zero attached hydrogens (tertiary/aromatic N) is 1. The summed E-state index contributed by atoms with van der Waals surface area (Å²) in [6.45, 7) is 1.98. The Labute approximate surface area is 105 Å². The fourth-order valence-corrected chi connectivity index (χ4v) is 1.47. The molecule has 0 radical (unpaired) electrons. The lowest BCUT2D eigenvalue weighted by Crippen LogP contribution is -2.30. The van der Waals surface area contributed by atoms with E-state index in [1.54, 1.807) is 13.0 Å². The number of carbonyl (C=O) groups excluding carboxylic acids is 2. The first-order valence-electron chi connectivity index (χ1n) is 5.54. The van der Waals surface area contributed by atoms with Crippen LogP contribution in [-0.2, 0) is 9.53 Å². The summed E-state index contributed by atoms with van der Waals surface area (Å²) >= 11 is 0. The van der Waals surface area contributed by atoms with E-state index in [0.717, 1.165) is 5.56 Å². The van der Waals surface area contributed by atoms with Crippen molar-refractivity contribution in [1.29, 1.82) is 0 Å². The molecular formula is C13H16FNO3.